The number of nitrogens with two attached hydrogens (primary N) is 1. The summed E-state index contributed by atoms with van der Waals surface area (Å²) in [5.74, 6) is 1.75. The normalized spacial score (nSPS) is 16.6. The van der Waals surface area contributed by atoms with Crippen molar-refractivity contribution in [3.8, 4) is 17.0 Å². The highest BCUT2D eigenvalue weighted by atomic mass is 16.5. The van der Waals surface area contributed by atoms with Crippen LogP contribution in [0.15, 0.2) is 30.5 Å². The molecule has 1 aliphatic rings. The summed E-state index contributed by atoms with van der Waals surface area (Å²) in [7, 11) is 0. The molecule has 1 saturated carbocycles. The van der Waals surface area contributed by atoms with Gasteiger partial charge in [0.25, 0.3) is 0 Å². The molecule has 94 valence electrons. The first-order valence-electron chi connectivity index (χ1n) is 6.29. The third-order valence-electron chi connectivity index (χ3n) is 3.31. The lowest BCUT2D eigenvalue weighted by atomic mass is 10.1. The van der Waals surface area contributed by atoms with Crippen molar-refractivity contribution in [3.63, 3.8) is 0 Å². The van der Waals surface area contributed by atoms with E-state index < -0.39 is 0 Å². The molecule has 0 bridgehead atoms. The molecule has 1 aromatic heterocycles. The highest BCUT2D eigenvalue weighted by Gasteiger charge is 2.42. The molecular formula is C14H17N3O. The van der Waals surface area contributed by atoms with Gasteiger partial charge in [0.2, 0.25) is 0 Å². The Morgan fingerprint density at radius 1 is 1.39 bits per heavy atom. The van der Waals surface area contributed by atoms with Crippen LogP contribution in [0.4, 0.5) is 0 Å². The summed E-state index contributed by atoms with van der Waals surface area (Å²) in [6.07, 6.45) is 3.85. The van der Waals surface area contributed by atoms with Gasteiger partial charge in [-0.25, -0.2) is 4.98 Å². The third-order valence-corrected chi connectivity index (χ3v) is 3.31. The number of nitrogens with one attached hydrogen (secondary N) is 1. The topological polar surface area (TPSA) is 63.9 Å². The number of para-hydroxylation sites is 1. The first-order chi connectivity index (χ1) is 8.73. The van der Waals surface area contributed by atoms with E-state index in [1.807, 2.05) is 37.4 Å². The molecule has 2 aromatic rings. The summed E-state index contributed by atoms with van der Waals surface area (Å²) in [5.41, 5.74) is 7.90. The molecule has 0 aliphatic heterocycles. The van der Waals surface area contributed by atoms with Gasteiger partial charge in [0.1, 0.15) is 11.6 Å². The quantitative estimate of drug-likeness (QED) is 0.866. The van der Waals surface area contributed by atoms with Crippen LogP contribution in [0, 0.1) is 0 Å². The van der Waals surface area contributed by atoms with E-state index in [-0.39, 0.29) is 5.54 Å². The van der Waals surface area contributed by atoms with Gasteiger partial charge in [-0.1, -0.05) is 12.1 Å². The predicted molar refractivity (Wildman–Crippen MR) is 70.3 cm³/mol. The summed E-state index contributed by atoms with van der Waals surface area (Å²) in [5, 5.41) is 0. The summed E-state index contributed by atoms with van der Waals surface area (Å²) in [6, 6.07) is 7.96. The van der Waals surface area contributed by atoms with E-state index in [4.69, 9.17) is 10.5 Å². The fraction of sp³-hybridized carbons (Fsp3) is 0.357. The monoisotopic (exact) mass is 243 g/mol. The molecule has 1 fully saturated rings. The van der Waals surface area contributed by atoms with Crippen molar-refractivity contribution in [1.82, 2.24) is 9.97 Å². The Morgan fingerprint density at radius 2 is 2.17 bits per heavy atom. The molecule has 1 heterocycles. The maximum absolute atomic E-state index is 6.13. The first-order valence-corrected chi connectivity index (χ1v) is 6.29. The van der Waals surface area contributed by atoms with Crippen LogP contribution >= 0.6 is 0 Å². The summed E-state index contributed by atoms with van der Waals surface area (Å²) in [6.45, 7) is 2.63. The lowest BCUT2D eigenvalue weighted by Crippen LogP contribution is -2.20. The second kappa shape index (κ2) is 4.14. The predicted octanol–water partition coefficient (Wildman–Crippen LogP) is 2.42. The molecule has 4 heteroatoms. The minimum atomic E-state index is -0.223. The largest absolute Gasteiger partial charge is 0.493 e. The molecule has 3 N–H and O–H groups in total. The molecule has 0 saturated heterocycles. The van der Waals surface area contributed by atoms with Gasteiger partial charge >= 0.3 is 0 Å². The van der Waals surface area contributed by atoms with Crippen molar-refractivity contribution < 1.29 is 4.74 Å². The summed E-state index contributed by atoms with van der Waals surface area (Å²) < 4.78 is 5.62. The average Bonchev–Trinajstić information content (AvgIpc) is 2.95. The third kappa shape index (κ3) is 1.88. The number of hydrogen-bond acceptors (Lipinski definition) is 3. The number of imidazole rings is 1. The summed E-state index contributed by atoms with van der Waals surface area (Å²) >= 11 is 0. The van der Waals surface area contributed by atoms with Gasteiger partial charge in [0.05, 0.1) is 24.0 Å². The van der Waals surface area contributed by atoms with E-state index in [0.29, 0.717) is 6.61 Å². The highest BCUT2D eigenvalue weighted by Crippen LogP contribution is 2.42. The fourth-order valence-electron chi connectivity index (χ4n) is 2.05. The van der Waals surface area contributed by atoms with Crippen LogP contribution in [0.2, 0.25) is 0 Å². The molecule has 18 heavy (non-hydrogen) atoms. The average molecular weight is 243 g/mol. The van der Waals surface area contributed by atoms with Crippen molar-refractivity contribution in [2.45, 2.75) is 25.3 Å². The van der Waals surface area contributed by atoms with Crippen LogP contribution in [0.25, 0.3) is 11.3 Å². The van der Waals surface area contributed by atoms with Crippen LogP contribution in [0.3, 0.4) is 0 Å². The molecule has 0 spiro atoms. The van der Waals surface area contributed by atoms with Crippen LogP contribution in [0.1, 0.15) is 25.6 Å². The van der Waals surface area contributed by atoms with Crippen molar-refractivity contribution in [1.29, 1.82) is 0 Å². The standard InChI is InChI=1S/C14H17N3O/c1-2-18-12-6-4-3-5-10(12)11-9-16-13(17-11)14(15)7-8-14/h3-6,9H,2,7-8,15H2,1H3,(H,16,17). The smallest absolute Gasteiger partial charge is 0.128 e. The first kappa shape index (κ1) is 11.3. The summed E-state index contributed by atoms with van der Waals surface area (Å²) in [4.78, 5) is 7.71. The maximum atomic E-state index is 6.13. The Morgan fingerprint density at radius 3 is 2.89 bits per heavy atom. The molecule has 0 unspecified atom stereocenters. The van der Waals surface area contributed by atoms with E-state index in [9.17, 15) is 0 Å². The minimum Gasteiger partial charge on any atom is -0.493 e. The van der Waals surface area contributed by atoms with Gasteiger partial charge in [0.15, 0.2) is 0 Å². The van der Waals surface area contributed by atoms with Gasteiger partial charge in [-0.15, -0.1) is 0 Å². The Labute approximate surface area is 106 Å². The number of nitrogens with zero attached hydrogens (tertiary/aromatic N) is 1. The number of benzene rings is 1. The Hall–Kier alpha value is -1.81. The maximum Gasteiger partial charge on any atom is 0.128 e. The van der Waals surface area contributed by atoms with Gasteiger partial charge in [-0.05, 0) is 31.9 Å². The number of H-pyrrole nitrogens is 1. The second-order valence-corrected chi connectivity index (χ2v) is 4.73. The lowest BCUT2D eigenvalue weighted by molar-refractivity contribution is 0.341. The van der Waals surface area contributed by atoms with E-state index in [0.717, 1.165) is 35.7 Å². The van der Waals surface area contributed by atoms with Crippen molar-refractivity contribution in [2.24, 2.45) is 5.73 Å². The lowest BCUT2D eigenvalue weighted by Gasteiger charge is -2.08. The number of aromatic amines is 1. The van der Waals surface area contributed by atoms with E-state index in [1.54, 1.807) is 0 Å². The molecule has 3 rings (SSSR count). The van der Waals surface area contributed by atoms with Crippen LogP contribution in [-0.4, -0.2) is 16.6 Å². The van der Waals surface area contributed by atoms with Gasteiger partial charge in [-0.2, -0.15) is 0 Å². The zero-order valence-electron chi connectivity index (χ0n) is 10.4. The molecule has 1 aliphatic carbocycles. The molecule has 1 aromatic carbocycles. The van der Waals surface area contributed by atoms with E-state index in [1.165, 1.54) is 0 Å². The van der Waals surface area contributed by atoms with Crippen LogP contribution < -0.4 is 10.5 Å². The Bertz CT molecular complexity index is 558. The van der Waals surface area contributed by atoms with Gasteiger partial charge in [-0.3, -0.25) is 0 Å². The highest BCUT2D eigenvalue weighted by molar-refractivity contribution is 5.66. The van der Waals surface area contributed by atoms with E-state index >= 15 is 0 Å². The molecule has 0 radical (unpaired) electrons. The molecule has 4 nitrogen and oxygen atoms in total. The van der Waals surface area contributed by atoms with Gasteiger partial charge in [0, 0.05) is 5.56 Å². The van der Waals surface area contributed by atoms with Gasteiger partial charge < -0.3 is 15.5 Å². The number of ether oxygens (including phenoxy) is 1. The second-order valence-electron chi connectivity index (χ2n) is 4.73. The van der Waals surface area contributed by atoms with E-state index in [2.05, 4.69) is 9.97 Å². The SMILES string of the molecule is CCOc1ccccc1-c1cnc(C2(N)CC2)[nH]1. The van der Waals surface area contributed by atoms with Crippen molar-refractivity contribution >= 4 is 0 Å². The minimum absolute atomic E-state index is 0.223. The fourth-order valence-corrected chi connectivity index (χ4v) is 2.05. The number of hydrogen-bond donors (Lipinski definition) is 2. The molecule has 0 amide bonds. The number of rotatable bonds is 4. The van der Waals surface area contributed by atoms with Crippen molar-refractivity contribution in [3.05, 3.63) is 36.3 Å². The zero-order valence-corrected chi connectivity index (χ0v) is 10.4. The zero-order chi connectivity index (χ0) is 12.6. The van der Waals surface area contributed by atoms with Crippen LogP contribution in [0.5, 0.6) is 5.75 Å². The molecule has 0 atom stereocenters. The Kier molecular flexibility index (Phi) is 2.59. The van der Waals surface area contributed by atoms with Crippen molar-refractivity contribution in [2.75, 3.05) is 6.61 Å². The number of aromatic nitrogens is 2. The molecular weight excluding hydrogens is 226 g/mol. The van der Waals surface area contributed by atoms with Crippen LogP contribution in [-0.2, 0) is 5.54 Å². The Balaban J connectivity index is 1.97.